The topological polar surface area (TPSA) is 90.9 Å². The summed E-state index contributed by atoms with van der Waals surface area (Å²) in [5.41, 5.74) is 1.03. The first-order valence-electron chi connectivity index (χ1n) is 11.3. The van der Waals surface area contributed by atoms with Crippen molar-refractivity contribution in [3.05, 3.63) is 52.2 Å². The van der Waals surface area contributed by atoms with Gasteiger partial charge in [-0.3, -0.25) is 14.4 Å². The number of nitrogens with one attached hydrogen (secondary N) is 2. The fourth-order valence-electron chi connectivity index (χ4n) is 3.80. The fourth-order valence-corrected chi connectivity index (χ4v) is 5.86. The molecule has 9 heteroatoms. The van der Waals surface area contributed by atoms with E-state index in [1.807, 2.05) is 30.2 Å². The van der Waals surface area contributed by atoms with Crippen LogP contribution in [-0.4, -0.2) is 46.1 Å². The molecule has 0 radical (unpaired) electrons. The van der Waals surface area contributed by atoms with Gasteiger partial charge in [-0.25, -0.2) is 0 Å². The van der Waals surface area contributed by atoms with Crippen LogP contribution in [-0.2, 0) is 9.59 Å². The van der Waals surface area contributed by atoms with E-state index < -0.39 is 5.25 Å². The Labute approximate surface area is 202 Å². The summed E-state index contributed by atoms with van der Waals surface area (Å²) in [6, 6.07) is 11.0. The van der Waals surface area contributed by atoms with Crippen LogP contribution in [0.1, 0.15) is 54.4 Å². The smallest absolute Gasteiger partial charge is 0.262 e. The average Bonchev–Trinajstić information content (AvgIpc) is 3.38. The van der Waals surface area contributed by atoms with Gasteiger partial charge in [0, 0.05) is 35.6 Å². The summed E-state index contributed by atoms with van der Waals surface area (Å²) < 4.78 is 0. The highest BCUT2D eigenvalue weighted by atomic mass is 32.2. The SMILES string of the molecule is CCN(CC)C1=NC(=O)[C@H](CC(=O)Nc2cccc(C(=O)N[C@H](c3cccs3)C3CC3)c2)S1. The number of amidine groups is 1. The summed E-state index contributed by atoms with van der Waals surface area (Å²) in [5, 5.41) is 8.17. The van der Waals surface area contributed by atoms with Crippen LogP contribution in [0.4, 0.5) is 5.69 Å². The van der Waals surface area contributed by atoms with Crippen molar-refractivity contribution in [3.63, 3.8) is 0 Å². The minimum Gasteiger partial charge on any atom is -0.352 e. The Balaban J connectivity index is 1.35. The lowest BCUT2D eigenvalue weighted by Crippen LogP contribution is -2.29. The van der Waals surface area contributed by atoms with E-state index in [1.54, 1.807) is 35.6 Å². The van der Waals surface area contributed by atoms with Crippen LogP contribution in [0.15, 0.2) is 46.8 Å². The molecule has 2 N–H and O–H groups in total. The van der Waals surface area contributed by atoms with Gasteiger partial charge in [0.25, 0.3) is 11.8 Å². The second-order valence-electron chi connectivity index (χ2n) is 8.15. The third-order valence-electron chi connectivity index (χ3n) is 5.77. The summed E-state index contributed by atoms with van der Waals surface area (Å²) in [6.07, 6.45) is 2.28. The maximum atomic E-state index is 12.9. The lowest BCUT2D eigenvalue weighted by atomic mass is 10.1. The van der Waals surface area contributed by atoms with Crippen molar-refractivity contribution in [2.45, 2.75) is 44.4 Å². The van der Waals surface area contributed by atoms with E-state index in [2.05, 4.69) is 21.7 Å². The molecule has 0 bridgehead atoms. The minimum atomic E-state index is -0.517. The molecule has 174 valence electrons. The number of nitrogens with zero attached hydrogens (tertiary/aromatic N) is 2. The monoisotopic (exact) mass is 484 g/mol. The summed E-state index contributed by atoms with van der Waals surface area (Å²) in [7, 11) is 0. The van der Waals surface area contributed by atoms with Gasteiger partial charge in [-0.05, 0) is 62.3 Å². The van der Waals surface area contributed by atoms with Crippen molar-refractivity contribution in [3.8, 4) is 0 Å². The molecule has 0 spiro atoms. The first-order valence-corrected chi connectivity index (χ1v) is 13.0. The summed E-state index contributed by atoms with van der Waals surface area (Å²) in [4.78, 5) is 45.0. The number of carbonyl (C=O) groups is 3. The van der Waals surface area contributed by atoms with E-state index in [4.69, 9.17) is 0 Å². The lowest BCUT2D eigenvalue weighted by molar-refractivity contribution is -0.121. The van der Waals surface area contributed by atoms with E-state index in [1.165, 1.54) is 16.6 Å². The molecule has 1 aliphatic heterocycles. The second kappa shape index (κ2) is 10.5. The number of thioether (sulfide) groups is 1. The predicted molar refractivity (Wildman–Crippen MR) is 134 cm³/mol. The molecule has 1 aliphatic carbocycles. The van der Waals surface area contributed by atoms with Gasteiger partial charge in [0.05, 0.1) is 6.04 Å². The summed E-state index contributed by atoms with van der Waals surface area (Å²) >= 11 is 2.99. The number of amides is 3. The molecule has 7 nitrogen and oxygen atoms in total. The third-order valence-corrected chi connectivity index (χ3v) is 7.94. The van der Waals surface area contributed by atoms with Crippen LogP contribution in [0.2, 0.25) is 0 Å². The number of rotatable bonds is 9. The zero-order valence-electron chi connectivity index (χ0n) is 18.7. The number of benzene rings is 1. The van der Waals surface area contributed by atoms with E-state index in [9.17, 15) is 14.4 Å². The normalized spacial score (nSPS) is 18.5. The number of carbonyl (C=O) groups excluding carboxylic acids is 3. The molecule has 1 aromatic heterocycles. The van der Waals surface area contributed by atoms with Crippen molar-refractivity contribution in [1.82, 2.24) is 10.2 Å². The van der Waals surface area contributed by atoms with E-state index in [0.717, 1.165) is 25.9 Å². The molecule has 3 amide bonds. The number of anilines is 1. The van der Waals surface area contributed by atoms with Crippen LogP contribution in [0.5, 0.6) is 0 Å². The maximum Gasteiger partial charge on any atom is 0.262 e. The minimum absolute atomic E-state index is 0.0288. The van der Waals surface area contributed by atoms with Crippen molar-refractivity contribution in [2.24, 2.45) is 10.9 Å². The Kier molecular flexibility index (Phi) is 7.49. The fraction of sp³-hybridized carbons (Fsp3) is 0.417. The molecule has 2 heterocycles. The summed E-state index contributed by atoms with van der Waals surface area (Å²) in [5.74, 6) is -0.218. The number of aliphatic imine (C=N–C) groups is 1. The first-order chi connectivity index (χ1) is 16.0. The highest BCUT2D eigenvalue weighted by Crippen LogP contribution is 2.42. The third kappa shape index (κ3) is 5.83. The number of hydrogen-bond acceptors (Lipinski definition) is 6. The molecule has 1 saturated carbocycles. The van der Waals surface area contributed by atoms with Gasteiger partial charge in [0.15, 0.2) is 5.17 Å². The van der Waals surface area contributed by atoms with Crippen LogP contribution in [0.25, 0.3) is 0 Å². The van der Waals surface area contributed by atoms with Crippen LogP contribution >= 0.6 is 23.1 Å². The maximum absolute atomic E-state index is 12.9. The Morgan fingerprint density at radius 2 is 1.97 bits per heavy atom. The average molecular weight is 485 g/mol. The molecule has 4 rings (SSSR count). The standard InChI is InChI=1S/C24H28N4O3S2/c1-3-28(4-2)24-27-23(31)19(33-24)14-20(29)25-17-8-5-7-16(13-17)22(30)26-21(15-10-11-15)18-9-6-12-32-18/h5-9,12-13,15,19,21H,3-4,10-11,14H2,1-2H3,(H,25,29)(H,26,30)/t19-,21-/m0/s1. The van der Waals surface area contributed by atoms with Gasteiger partial charge < -0.3 is 15.5 Å². The van der Waals surface area contributed by atoms with E-state index >= 15 is 0 Å². The van der Waals surface area contributed by atoms with Gasteiger partial charge in [-0.2, -0.15) is 4.99 Å². The Morgan fingerprint density at radius 1 is 1.18 bits per heavy atom. The molecule has 2 atom stereocenters. The van der Waals surface area contributed by atoms with Crippen molar-refractivity contribution in [2.75, 3.05) is 18.4 Å². The lowest BCUT2D eigenvalue weighted by Gasteiger charge is -2.19. The summed E-state index contributed by atoms with van der Waals surface area (Å²) in [6.45, 7) is 5.54. The molecular weight excluding hydrogens is 456 g/mol. The molecule has 33 heavy (non-hydrogen) atoms. The van der Waals surface area contributed by atoms with E-state index in [-0.39, 0.29) is 30.2 Å². The highest BCUT2D eigenvalue weighted by Gasteiger charge is 2.34. The zero-order valence-corrected chi connectivity index (χ0v) is 20.4. The predicted octanol–water partition coefficient (Wildman–Crippen LogP) is 4.30. The number of hydrogen-bond donors (Lipinski definition) is 2. The molecular formula is C24H28N4O3S2. The molecule has 0 saturated heterocycles. The largest absolute Gasteiger partial charge is 0.352 e. The first kappa shape index (κ1) is 23.5. The van der Waals surface area contributed by atoms with Crippen LogP contribution < -0.4 is 10.6 Å². The molecule has 1 fully saturated rings. The highest BCUT2D eigenvalue weighted by molar-refractivity contribution is 8.15. The Hall–Kier alpha value is -2.65. The quantitative estimate of drug-likeness (QED) is 0.554. The van der Waals surface area contributed by atoms with Crippen molar-refractivity contribution < 1.29 is 14.4 Å². The van der Waals surface area contributed by atoms with Gasteiger partial charge in [0.2, 0.25) is 5.91 Å². The van der Waals surface area contributed by atoms with Gasteiger partial charge >= 0.3 is 0 Å². The van der Waals surface area contributed by atoms with Gasteiger partial charge in [-0.15, -0.1) is 11.3 Å². The molecule has 2 aromatic rings. The van der Waals surface area contributed by atoms with Gasteiger partial charge in [-0.1, -0.05) is 23.9 Å². The Morgan fingerprint density at radius 3 is 2.64 bits per heavy atom. The van der Waals surface area contributed by atoms with Gasteiger partial charge in [0.1, 0.15) is 5.25 Å². The zero-order chi connectivity index (χ0) is 23.4. The second-order valence-corrected chi connectivity index (χ2v) is 10.3. The molecule has 0 unspecified atom stereocenters. The number of thiophene rings is 1. The Bertz CT molecular complexity index is 1050. The van der Waals surface area contributed by atoms with Crippen molar-refractivity contribution >= 4 is 51.7 Å². The van der Waals surface area contributed by atoms with Crippen LogP contribution in [0, 0.1) is 5.92 Å². The van der Waals surface area contributed by atoms with Crippen molar-refractivity contribution in [1.29, 1.82) is 0 Å². The van der Waals surface area contributed by atoms with Crippen LogP contribution in [0.3, 0.4) is 0 Å². The molecule has 1 aromatic carbocycles. The van der Waals surface area contributed by atoms with E-state index in [0.29, 0.717) is 22.3 Å². The molecule has 2 aliphatic rings.